The number of hydrogen-bond donors (Lipinski definition) is 2. The molecule has 0 saturated heterocycles. The monoisotopic (exact) mass is 283 g/mol. The summed E-state index contributed by atoms with van der Waals surface area (Å²) >= 11 is 0. The summed E-state index contributed by atoms with van der Waals surface area (Å²) in [7, 11) is 0. The van der Waals surface area contributed by atoms with Crippen LogP contribution in [-0.2, 0) is 11.3 Å². The second-order valence-electron chi connectivity index (χ2n) is 4.45. The number of nitrogens with one attached hydrogen (secondary N) is 2. The van der Waals surface area contributed by atoms with Crippen molar-refractivity contribution in [1.82, 2.24) is 20.2 Å². The van der Waals surface area contributed by atoms with Crippen molar-refractivity contribution in [3.05, 3.63) is 22.1 Å². The number of nitro groups is 1. The molecule has 1 amide bonds. The van der Waals surface area contributed by atoms with Crippen LogP contribution in [0.3, 0.4) is 0 Å². The minimum Gasteiger partial charge on any atom is -0.358 e. The predicted molar refractivity (Wildman–Crippen MR) is 74.4 cm³/mol. The van der Waals surface area contributed by atoms with Gasteiger partial charge in [-0.05, 0) is 22.9 Å². The van der Waals surface area contributed by atoms with E-state index < -0.39 is 4.92 Å². The Bertz CT molecular complexity index is 458. The van der Waals surface area contributed by atoms with Gasteiger partial charge in [0.2, 0.25) is 11.7 Å². The summed E-state index contributed by atoms with van der Waals surface area (Å²) in [4.78, 5) is 25.4. The van der Waals surface area contributed by atoms with E-state index in [1.807, 2.05) is 0 Å². The molecule has 1 aromatic rings. The molecule has 1 heterocycles. The summed E-state index contributed by atoms with van der Waals surface area (Å²) in [5.41, 5.74) is 0. The lowest BCUT2D eigenvalue weighted by Gasteiger charge is -2.06. The van der Waals surface area contributed by atoms with Crippen LogP contribution in [-0.4, -0.2) is 40.0 Å². The van der Waals surface area contributed by atoms with Crippen molar-refractivity contribution < 1.29 is 9.72 Å². The van der Waals surface area contributed by atoms with Crippen LogP contribution in [0.4, 0.5) is 5.82 Å². The Kier molecular flexibility index (Phi) is 6.65. The van der Waals surface area contributed by atoms with Crippen LogP contribution in [0.25, 0.3) is 0 Å². The zero-order valence-corrected chi connectivity index (χ0v) is 11.9. The van der Waals surface area contributed by atoms with Crippen LogP contribution in [0.2, 0.25) is 0 Å². The normalized spacial score (nSPS) is 10.5. The summed E-state index contributed by atoms with van der Waals surface area (Å²) in [6.45, 7) is 6.42. The van der Waals surface area contributed by atoms with E-state index in [0.717, 1.165) is 19.5 Å². The van der Waals surface area contributed by atoms with E-state index in [-0.39, 0.29) is 18.1 Å². The van der Waals surface area contributed by atoms with Crippen molar-refractivity contribution in [1.29, 1.82) is 0 Å². The molecule has 0 radical (unpaired) electrons. The van der Waals surface area contributed by atoms with Gasteiger partial charge in [-0.3, -0.25) is 4.79 Å². The molecule has 0 aliphatic rings. The van der Waals surface area contributed by atoms with E-state index in [9.17, 15) is 14.9 Å². The second-order valence-corrected chi connectivity index (χ2v) is 4.45. The molecule has 1 rings (SSSR count). The summed E-state index contributed by atoms with van der Waals surface area (Å²) in [5.74, 6) is 0.278. The highest BCUT2D eigenvalue weighted by atomic mass is 16.6. The van der Waals surface area contributed by atoms with E-state index in [1.54, 1.807) is 11.5 Å². The summed E-state index contributed by atoms with van der Waals surface area (Å²) in [5, 5.41) is 16.6. The van der Waals surface area contributed by atoms with Crippen LogP contribution < -0.4 is 10.6 Å². The van der Waals surface area contributed by atoms with Crippen LogP contribution in [0.1, 0.15) is 25.6 Å². The number of aryl methyl sites for hydroxylation is 2. The first-order chi connectivity index (χ1) is 9.54. The molecule has 0 fully saturated rings. The first-order valence-electron chi connectivity index (χ1n) is 6.70. The van der Waals surface area contributed by atoms with Gasteiger partial charge in [0.1, 0.15) is 6.20 Å². The molecule has 0 aliphatic heterocycles. The van der Waals surface area contributed by atoms with Crippen molar-refractivity contribution in [3.8, 4) is 0 Å². The SMILES string of the molecule is CCCNCCNC(=O)CCn1cc([N+](=O)[O-])nc1C. The maximum Gasteiger partial charge on any atom is 0.381 e. The Hall–Kier alpha value is -1.96. The molecular weight excluding hydrogens is 262 g/mol. The molecule has 0 aromatic carbocycles. The zero-order valence-electron chi connectivity index (χ0n) is 11.9. The first-order valence-corrected chi connectivity index (χ1v) is 6.70. The molecule has 2 N–H and O–H groups in total. The Morgan fingerprint density at radius 3 is 2.80 bits per heavy atom. The lowest BCUT2D eigenvalue weighted by atomic mass is 10.4. The maximum absolute atomic E-state index is 11.6. The van der Waals surface area contributed by atoms with E-state index >= 15 is 0 Å². The minimum absolute atomic E-state index is 0.0703. The van der Waals surface area contributed by atoms with Gasteiger partial charge in [0.05, 0.1) is 0 Å². The minimum atomic E-state index is -0.539. The number of imidazole rings is 1. The van der Waals surface area contributed by atoms with E-state index in [2.05, 4.69) is 22.5 Å². The van der Waals surface area contributed by atoms with E-state index in [1.165, 1.54) is 6.20 Å². The number of rotatable bonds is 9. The lowest BCUT2D eigenvalue weighted by Crippen LogP contribution is -2.32. The highest BCUT2D eigenvalue weighted by Gasteiger charge is 2.15. The largest absolute Gasteiger partial charge is 0.381 e. The fraction of sp³-hybridized carbons (Fsp3) is 0.667. The third-order valence-corrected chi connectivity index (χ3v) is 2.78. The molecule has 0 saturated carbocycles. The van der Waals surface area contributed by atoms with Crippen LogP contribution in [0, 0.1) is 17.0 Å². The number of aromatic nitrogens is 2. The van der Waals surface area contributed by atoms with E-state index in [0.29, 0.717) is 18.9 Å². The molecule has 112 valence electrons. The van der Waals surface area contributed by atoms with Crippen molar-refractivity contribution in [2.45, 2.75) is 33.2 Å². The molecule has 0 bridgehead atoms. The molecule has 0 spiro atoms. The van der Waals surface area contributed by atoms with Gasteiger partial charge in [-0.15, -0.1) is 0 Å². The first kappa shape index (κ1) is 16.1. The maximum atomic E-state index is 11.6. The van der Waals surface area contributed by atoms with E-state index in [4.69, 9.17) is 0 Å². The Labute approximate surface area is 117 Å². The topological polar surface area (TPSA) is 102 Å². The van der Waals surface area contributed by atoms with Gasteiger partial charge in [0.25, 0.3) is 0 Å². The van der Waals surface area contributed by atoms with Gasteiger partial charge in [-0.2, -0.15) is 0 Å². The number of carbonyl (C=O) groups excluding carboxylic acids is 1. The fourth-order valence-corrected chi connectivity index (χ4v) is 1.71. The smallest absolute Gasteiger partial charge is 0.358 e. The summed E-state index contributed by atoms with van der Waals surface area (Å²) < 4.78 is 1.62. The molecule has 0 unspecified atom stereocenters. The number of carbonyl (C=O) groups is 1. The standard InChI is InChI=1S/C12H21N5O3/c1-3-5-13-6-7-14-12(18)4-8-16-9-11(17(19)20)15-10(16)2/h9,13H,3-8H2,1-2H3,(H,14,18). The summed E-state index contributed by atoms with van der Waals surface area (Å²) in [6.07, 6.45) is 2.69. The Morgan fingerprint density at radius 2 is 2.20 bits per heavy atom. The van der Waals surface area contributed by atoms with Gasteiger partial charge in [-0.25, -0.2) is 0 Å². The third-order valence-electron chi connectivity index (χ3n) is 2.78. The lowest BCUT2D eigenvalue weighted by molar-refractivity contribution is -0.389. The van der Waals surface area contributed by atoms with Gasteiger partial charge >= 0.3 is 5.82 Å². The van der Waals surface area contributed by atoms with Crippen molar-refractivity contribution in [2.24, 2.45) is 0 Å². The Morgan fingerprint density at radius 1 is 1.45 bits per heavy atom. The second kappa shape index (κ2) is 8.26. The highest BCUT2D eigenvalue weighted by Crippen LogP contribution is 2.10. The number of amides is 1. The fourth-order valence-electron chi connectivity index (χ4n) is 1.71. The zero-order chi connectivity index (χ0) is 15.0. The quantitative estimate of drug-likeness (QED) is 0.392. The van der Waals surface area contributed by atoms with Crippen LogP contribution >= 0.6 is 0 Å². The molecule has 8 nitrogen and oxygen atoms in total. The molecule has 1 aromatic heterocycles. The van der Waals surface area contributed by atoms with Gasteiger partial charge < -0.3 is 25.3 Å². The van der Waals surface area contributed by atoms with Crippen LogP contribution in [0.15, 0.2) is 6.20 Å². The molecular formula is C12H21N5O3. The molecule has 20 heavy (non-hydrogen) atoms. The molecule has 8 heteroatoms. The van der Waals surface area contributed by atoms with Crippen molar-refractivity contribution in [2.75, 3.05) is 19.6 Å². The molecule has 0 aliphatic carbocycles. The van der Waals surface area contributed by atoms with Gasteiger partial charge in [-0.1, -0.05) is 6.92 Å². The number of nitrogens with zero attached hydrogens (tertiary/aromatic N) is 3. The third kappa shape index (κ3) is 5.35. The van der Waals surface area contributed by atoms with Gasteiger partial charge in [0.15, 0.2) is 0 Å². The Balaban J connectivity index is 2.28. The number of hydrogen-bond acceptors (Lipinski definition) is 5. The van der Waals surface area contributed by atoms with Crippen molar-refractivity contribution >= 4 is 11.7 Å². The van der Waals surface area contributed by atoms with Crippen LogP contribution in [0.5, 0.6) is 0 Å². The molecule has 0 atom stereocenters. The average Bonchev–Trinajstić information content (AvgIpc) is 2.78. The predicted octanol–water partition coefficient (Wildman–Crippen LogP) is 0.606. The highest BCUT2D eigenvalue weighted by molar-refractivity contribution is 5.75. The summed E-state index contributed by atoms with van der Waals surface area (Å²) in [6, 6.07) is 0. The average molecular weight is 283 g/mol. The van der Waals surface area contributed by atoms with Gasteiger partial charge in [0, 0.05) is 33.0 Å². The van der Waals surface area contributed by atoms with Crippen molar-refractivity contribution in [3.63, 3.8) is 0 Å².